The Kier molecular flexibility index (Phi) is 3.46. The molecule has 0 aliphatic rings. The van der Waals surface area contributed by atoms with E-state index in [1.54, 1.807) is 6.07 Å². The molecule has 4 rings (SSSR count). The quantitative estimate of drug-likeness (QED) is 0.497. The maximum absolute atomic E-state index is 9.88. The van der Waals surface area contributed by atoms with Crippen LogP contribution in [0.1, 0.15) is 0 Å². The number of fused-ring (bicyclic) bond motifs is 1. The van der Waals surface area contributed by atoms with Crippen molar-refractivity contribution in [2.24, 2.45) is 0 Å². The van der Waals surface area contributed by atoms with Crippen LogP contribution in [0.25, 0.3) is 33.8 Å². The molecule has 0 fully saturated rings. The van der Waals surface area contributed by atoms with Crippen molar-refractivity contribution >= 4 is 11.2 Å². The number of aromatic hydroxyl groups is 2. The monoisotopic (exact) mass is 334 g/mol. The van der Waals surface area contributed by atoms with Crippen LogP contribution >= 0.6 is 0 Å². The summed E-state index contributed by atoms with van der Waals surface area (Å²) in [7, 11) is 1.41. The Morgan fingerprint density at radius 2 is 1.80 bits per heavy atom. The van der Waals surface area contributed by atoms with Crippen molar-refractivity contribution in [2.45, 2.75) is 0 Å². The van der Waals surface area contributed by atoms with Gasteiger partial charge in [0, 0.05) is 11.1 Å². The molecule has 0 atom stereocenters. The minimum atomic E-state index is -0.313. The molecule has 3 N–H and O–H groups in total. The van der Waals surface area contributed by atoms with E-state index in [-0.39, 0.29) is 17.2 Å². The lowest BCUT2D eigenvalue weighted by Crippen LogP contribution is -1.88. The number of methoxy groups -OCH3 is 1. The van der Waals surface area contributed by atoms with Gasteiger partial charge < -0.3 is 19.9 Å². The number of nitrogens with one attached hydrogen (secondary N) is 1. The molecule has 0 saturated heterocycles. The molecule has 0 spiro atoms. The van der Waals surface area contributed by atoms with E-state index in [1.165, 1.54) is 19.5 Å². The summed E-state index contributed by atoms with van der Waals surface area (Å²) in [6.45, 7) is 0. The maximum atomic E-state index is 9.88. The van der Waals surface area contributed by atoms with E-state index in [2.05, 4.69) is 19.9 Å². The van der Waals surface area contributed by atoms with Crippen LogP contribution in [0.15, 0.2) is 48.8 Å². The summed E-state index contributed by atoms with van der Waals surface area (Å²) < 4.78 is 5.08. The number of H-pyrrole nitrogens is 1. The van der Waals surface area contributed by atoms with Gasteiger partial charge in [0.25, 0.3) is 0 Å². The van der Waals surface area contributed by atoms with Gasteiger partial charge in [0.15, 0.2) is 17.1 Å². The highest BCUT2D eigenvalue weighted by atomic mass is 16.5. The lowest BCUT2D eigenvalue weighted by molar-refractivity contribution is 0.351. The summed E-state index contributed by atoms with van der Waals surface area (Å²) in [6, 6.07) is 12.7. The van der Waals surface area contributed by atoms with Gasteiger partial charge in [0.2, 0.25) is 5.75 Å². The minimum absolute atomic E-state index is 0.157. The average molecular weight is 334 g/mol. The first-order valence-corrected chi connectivity index (χ1v) is 7.54. The summed E-state index contributed by atoms with van der Waals surface area (Å²) in [4.78, 5) is 16.2. The van der Waals surface area contributed by atoms with E-state index in [9.17, 15) is 10.2 Å². The highest BCUT2D eigenvalue weighted by Gasteiger charge is 2.16. The van der Waals surface area contributed by atoms with Crippen molar-refractivity contribution in [3.05, 3.63) is 48.8 Å². The molecule has 2 aromatic carbocycles. The summed E-state index contributed by atoms with van der Waals surface area (Å²) in [6.07, 6.45) is 1.46. The van der Waals surface area contributed by atoms with Gasteiger partial charge in [-0.05, 0) is 12.1 Å². The number of rotatable bonds is 3. The number of nitrogens with zero attached hydrogens (tertiary/aromatic N) is 3. The fraction of sp³-hybridized carbons (Fsp3) is 0.0556. The number of hydrogen-bond donors (Lipinski definition) is 3. The molecule has 0 bridgehead atoms. The molecule has 0 aliphatic carbocycles. The first-order valence-electron chi connectivity index (χ1n) is 7.54. The third-order valence-electron chi connectivity index (χ3n) is 3.88. The third kappa shape index (κ3) is 2.51. The molecule has 0 unspecified atom stereocenters. The molecule has 2 heterocycles. The smallest absolute Gasteiger partial charge is 0.200 e. The van der Waals surface area contributed by atoms with Crippen LogP contribution in [0.5, 0.6) is 17.2 Å². The van der Waals surface area contributed by atoms with E-state index in [0.717, 1.165) is 11.3 Å². The summed E-state index contributed by atoms with van der Waals surface area (Å²) in [5, 5.41) is 19.7. The number of imidazole rings is 1. The number of aromatic nitrogens is 4. The molecule has 0 aliphatic heterocycles. The maximum Gasteiger partial charge on any atom is 0.200 e. The molecule has 7 heteroatoms. The Labute approximate surface area is 142 Å². The molecule has 2 aromatic heterocycles. The van der Waals surface area contributed by atoms with Crippen LogP contribution in [0.2, 0.25) is 0 Å². The summed E-state index contributed by atoms with van der Waals surface area (Å²) in [5.74, 6) is 0.0439. The van der Waals surface area contributed by atoms with Gasteiger partial charge in [-0.1, -0.05) is 30.3 Å². The molecule has 0 radical (unpaired) electrons. The Hall–Kier alpha value is -3.61. The zero-order valence-electron chi connectivity index (χ0n) is 13.3. The largest absolute Gasteiger partial charge is 0.504 e. The number of hydrogen-bond acceptors (Lipinski definition) is 6. The average Bonchev–Trinajstić information content (AvgIpc) is 3.09. The number of ether oxygens (including phenoxy) is 1. The SMILES string of the molecule is COc1cc(-c2nc3ncnc(-c4ccccc4)c3[nH]2)cc(O)c1O. The molecular formula is C18H14N4O3. The van der Waals surface area contributed by atoms with Crippen LogP contribution < -0.4 is 4.74 Å². The van der Waals surface area contributed by atoms with Crippen LogP contribution in [0.3, 0.4) is 0 Å². The third-order valence-corrected chi connectivity index (χ3v) is 3.88. The van der Waals surface area contributed by atoms with E-state index in [0.29, 0.717) is 22.6 Å². The van der Waals surface area contributed by atoms with Gasteiger partial charge >= 0.3 is 0 Å². The predicted molar refractivity (Wildman–Crippen MR) is 92.4 cm³/mol. The van der Waals surface area contributed by atoms with E-state index in [4.69, 9.17) is 4.74 Å². The first-order chi connectivity index (χ1) is 12.2. The van der Waals surface area contributed by atoms with Gasteiger partial charge in [-0.2, -0.15) is 0 Å². The molecule has 25 heavy (non-hydrogen) atoms. The topological polar surface area (TPSA) is 104 Å². The molecular weight excluding hydrogens is 320 g/mol. The van der Waals surface area contributed by atoms with Crippen LogP contribution in [-0.2, 0) is 0 Å². The second-order valence-corrected chi connectivity index (χ2v) is 5.42. The van der Waals surface area contributed by atoms with Gasteiger partial charge in [0.1, 0.15) is 17.7 Å². The lowest BCUT2D eigenvalue weighted by Gasteiger charge is -2.07. The van der Waals surface area contributed by atoms with Gasteiger partial charge in [-0.25, -0.2) is 15.0 Å². The van der Waals surface area contributed by atoms with Crippen molar-refractivity contribution < 1.29 is 14.9 Å². The van der Waals surface area contributed by atoms with Crippen molar-refractivity contribution in [2.75, 3.05) is 7.11 Å². The predicted octanol–water partition coefficient (Wildman–Crippen LogP) is 3.11. The highest BCUT2D eigenvalue weighted by Crippen LogP contribution is 2.39. The Morgan fingerprint density at radius 1 is 1.00 bits per heavy atom. The normalized spacial score (nSPS) is 10.9. The Morgan fingerprint density at radius 3 is 2.56 bits per heavy atom. The van der Waals surface area contributed by atoms with Crippen molar-refractivity contribution in [1.29, 1.82) is 0 Å². The van der Waals surface area contributed by atoms with Gasteiger partial charge in [0.05, 0.1) is 12.8 Å². The second-order valence-electron chi connectivity index (χ2n) is 5.42. The van der Waals surface area contributed by atoms with Gasteiger partial charge in [-0.15, -0.1) is 0 Å². The zero-order chi connectivity index (χ0) is 17.4. The molecule has 7 nitrogen and oxygen atoms in total. The fourth-order valence-electron chi connectivity index (χ4n) is 2.67. The Bertz CT molecular complexity index is 1060. The standard InChI is InChI=1S/C18H14N4O3/c1-25-13-8-11(7-12(23)16(13)24)17-21-15-14(10-5-3-2-4-6-10)19-9-20-18(15)22-17/h2-9,23-24H,1H3,(H,19,20,21,22). The molecule has 124 valence electrons. The number of phenolic OH excluding ortho intramolecular Hbond substituents is 2. The summed E-state index contributed by atoms with van der Waals surface area (Å²) >= 11 is 0. The van der Waals surface area contributed by atoms with Crippen molar-refractivity contribution in [3.8, 4) is 39.9 Å². The lowest BCUT2D eigenvalue weighted by atomic mass is 10.1. The fourth-order valence-corrected chi connectivity index (χ4v) is 2.67. The second kappa shape index (κ2) is 5.79. The molecule has 4 aromatic rings. The highest BCUT2D eigenvalue weighted by molar-refractivity contribution is 5.89. The minimum Gasteiger partial charge on any atom is -0.504 e. The van der Waals surface area contributed by atoms with Crippen LogP contribution in [-0.4, -0.2) is 37.3 Å². The molecule has 0 amide bonds. The zero-order valence-corrected chi connectivity index (χ0v) is 13.3. The summed E-state index contributed by atoms with van der Waals surface area (Å²) in [5.41, 5.74) is 3.44. The van der Waals surface area contributed by atoms with Gasteiger partial charge in [-0.3, -0.25) is 0 Å². The number of aromatic amines is 1. The molecule has 0 saturated carbocycles. The van der Waals surface area contributed by atoms with Crippen LogP contribution in [0, 0.1) is 0 Å². The van der Waals surface area contributed by atoms with E-state index < -0.39 is 0 Å². The van der Waals surface area contributed by atoms with Crippen molar-refractivity contribution in [3.63, 3.8) is 0 Å². The number of phenols is 2. The van der Waals surface area contributed by atoms with Crippen LogP contribution in [0.4, 0.5) is 0 Å². The van der Waals surface area contributed by atoms with E-state index >= 15 is 0 Å². The van der Waals surface area contributed by atoms with E-state index in [1.807, 2.05) is 30.3 Å². The number of benzene rings is 2. The Balaban J connectivity index is 1.90. The first kappa shape index (κ1) is 14.9. The van der Waals surface area contributed by atoms with Crippen molar-refractivity contribution in [1.82, 2.24) is 19.9 Å².